The van der Waals surface area contributed by atoms with Gasteiger partial charge in [0, 0.05) is 21.7 Å². The van der Waals surface area contributed by atoms with E-state index in [1.165, 1.54) is 0 Å². The summed E-state index contributed by atoms with van der Waals surface area (Å²) in [6, 6.07) is 114. The molecular formula is C84H104O16Si12Ti. The van der Waals surface area contributed by atoms with Crippen molar-refractivity contribution >= 4 is 165 Å². The first-order valence-corrected chi connectivity index (χ1v) is 65.1. The van der Waals surface area contributed by atoms with E-state index < -0.39 is 103 Å². The van der Waals surface area contributed by atoms with E-state index in [-0.39, 0.29) is 21.7 Å². The topological polar surface area (TPSA) is 236 Å². The van der Waals surface area contributed by atoms with E-state index in [9.17, 15) is 38.4 Å². The van der Waals surface area contributed by atoms with Gasteiger partial charge in [-0.25, -0.2) is 0 Å². The Morgan fingerprint density at radius 1 is 0.133 bits per heavy atom. The SMILES string of the molecule is C[Si](O)(O[Si](C)(O[Si](C)(O)c1ccccc1)c1ccccc1)c1ccccc1.C[Si](O)(O[Si](C)(O[Si](C)(O)c1ccccc1)c1ccccc1)c1ccccc1.C[Si](O)(O[Si](C)(O[Si](C)(O)c1ccccc1)c1ccccc1)c1ccccc1.C[Si](O)(O[Si](C)(O[Si](C)(O)c1ccccc1)c1ccccc1)c1ccccc1.[Ti]. The Balaban J connectivity index is 0.000000188. The summed E-state index contributed by atoms with van der Waals surface area (Å²) in [6.07, 6.45) is 0. The molecule has 588 valence electrons. The standard InChI is InChI=1S/4C21H26O4Si3.Ti/c4*1-26(22,19-13-7-4-8-14-19)24-28(3,21-17-11-6-12-18-21)25-27(2,23)20-15-9-5-10-16-20;/h4*4-18,22-23H,1-3H3;. The molecule has 0 radical (unpaired) electrons. The van der Waals surface area contributed by atoms with Crippen LogP contribution >= 0.6 is 0 Å². The summed E-state index contributed by atoms with van der Waals surface area (Å²) in [7, 11) is -38.6. The molecule has 0 bridgehead atoms. The largest absolute Gasteiger partial charge is 0.409 e. The summed E-state index contributed by atoms with van der Waals surface area (Å²) in [6.45, 7) is 21.6. The van der Waals surface area contributed by atoms with Crippen LogP contribution < -0.4 is 62.2 Å². The molecule has 0 heterocycles. The molecule has 16 nitrogen and oxygen atoms in total. The summed E-state index contributed by atoms with van der Waals surface area (Å²) in [4.78, 5) is 90.0. The average molecular weight is 1750 g/mol. The maximum atomic E-state index is 11.3. The van der Waals surface area contributed by atoms with Crippen molar-refractivity contribution < 1.29 is 93.0 Å². The van der Waals surface area contributed by atoms with Crippen molar-refractivity contribution in [1.29, 1.82) is 0 Å². The average Bonchev–Trinajstić information content (AvgIpc) is 0.790. The van der Waals surface area contributed by atoms with Crippen LogP contribution in [0.5, 0.6) is 0 Å². The molecule has 12 rings (SSSR count). The Morgan fingerprint density at radius 3 is 0.283 bits per heavy atom. The molecule has 12 aromatic carbocycles. The first-order chi connectivity index (χ1) is 52.9. The quantitative estimate of drug-likeness (QED) is 0.0219. The van der Waals surface area contributed by atoms with Crippen LogP contribution in [0.4, 0.5) is 0 Å². The normalized spacial score (nSPS) is 17.7. The Kier molecular flexibility index (Phi) is 32.5. The maximum absolute atomic E-state index is 11.3. The van der Waals surface area contributed by atoms with Crippen LogP contribution in [0.2, 0.25) is 78.6 Å². The van der Waals surface area contributed by atoms with E-state index in [0.29, 0.717) is 0 Å². The fraction of sp³-hybridized carbons (Fsp3) is 0.143. The molecule has 0 aliphatic heterocycles. The Labute approximate surface area is 694 Å². The van der Waals surface area contributed by atoms with Gasteiger partial charge in [-0.05, 0) is 141 Å². The molecule has 29 heteroatoms. The van der Waals surface area contributed by atoms with Gasteiger partial charge in [0.05, 0.1) is 0 Å². The van der Waals surface area contributed by atoms with Crippen LogP contribution in [0.15, 0.2) is 364 Å². The van der Waals surface area contributed by atoms with Gasteiger partial charge in [-0.15, -0.1) is 0 Å². The van der Waals surface area contributed by atoms with Gasteiger partial charge in [0.25, 0.3) is 0 Å². The Morgan fingerprint density at radius 2 is 0.204 bits per heavy atom. The first kappa shape index (κ1) is 91.8. The number of rotatable bonds is 28. The zero-order valence-electron chi connectivity index (χ0n) is 66.0. The number of benzene rings is 12. The van der Waals surface area contributed by atoms with Crippen molar-refractivity contribution in [2.24, 2.45) is 0 Å². The smallest absolute Gasteiger partial charge is 0.358 e. The van der Waals surface area contributed by atoms with E-state index in [1.54, 1.807) is 52.4 Å². The molecule has 12 aromatic rings. The fourth-order valence-electron chi connectivity index (χ4n) is 13.0. The fourth-order valence-corrected chi connectivity index (χ4v) is 56.7. The van der Waals surface area contributed by atoms with E-state index in [0.717, 1.165) is 62.2 Å². The summed E-state index contributed by atoms with van der Waals surface area (Å²) in [5.74, 6) is 0. The second-order valence-electron chi connectivity index (χ2n) is 28.9. The second-order valence-corrected chi connectivity index (χ2v) is 65.6. The van der Waals surface area contributed by atoms with E-state index in [4.69, 9.17) is 32.9 Å². The molecule has 0 saturated heterocycles. The van der Waals surface area contributed by atoms with Crippen LogP contribution in [-0.2, 0) is 54.6 Å². The van der Waals surface area contributed by atoms with E-state index >= 15 is 0 Å². The minimum absolute atomic E-state index is 0. The molecule has 0 aliphatic carbocycles. The second kappa shape index (κ2) is 40.0. The molecule has 0 saturated carbocycles. The van der Waals surface area contributed by atoms with Crippen molar-refractivity contribution in [2.45, 2.75) is 78.6 Å². The van der Waals surface area contributed by atoms with Crippen molar-refractivity contribution in [3.8, 4) is 0 Å². The molecule has 113 heavy (non-hydrogen) atoms. The van der Waals surface area contributed by atoms with Gasteiger partial charge in [0.1, 0.15) is 0 Å². The Hall–Kier alpha value is -6.68. The van der Waals surface area contributed by atoms with Gasteiger partial charge in [0.2, 0.25) is 0 Å². The van der Waals surface area contributed by atoms with Gasteiger partial charge < -0.3 is 71.3 Å². The first-order valence-electron chi connectivity index (χ1n) is 37.0. The maximum Gasteiger partial charge on any atom is 0.358 e. The molecule has 8 N–H and O–H groups in total. The van der Waals surface area contributed by atoms with Crippen LogP contribution in [-0.4, -0.2) is 141 Å². The molecule has 0 fully saturated rings. The van der Waals surface area contributed by atoms with Crippen molar-refractivity contribution in [1.82, 2.24) is 0 Å². The van der Waals surface area contributed by atoms with Crippen LogP contribution in [0, 0.1) is 0 Å². The third kappa shape index (κ3) is 25.7. The molecule has 8 unspecified atom stereocenters. The zero-order valence-corrected chi connectivity index (χ0v) is 79.5. The predicted molar refractivity (Wildman–Crippen MR) is 479 cm³/mol. The summed E-state index contributed by atoms with van der Waals surface area (Å²) in [5.41, 5.74) is 0. The van der Waals surface area contributed by atoms with Crippen LogP contribution in [0.1, 0.15) is 0 Å². The molecular weight excluding hydrogens is 1650 g/mol. The predicted octanol–water partition coefficient (Wildman–Crippen LogP) is 7.76. The van der Waals surface area contributed by atoms with Gasteiger partial charge in [-0.1, -0.05) is 364 Å². The molecule has 0 spiro atoms. The van der Waals surface area contributed by atoms with Crippen molar-refractivity contribution in [3.05, 3.63) is 364 Å². The molecule has 0 aromatic heterocycles. The van der Waals surface area contributed by atoms with E-state index in [2.05, 4.69) is 0 Å². The molecule has 0 aliphatic rings. The van der Waals surface area contributed by atoms with Gasteiger partial charge in [-0.2, -0.15) is 0 Å². The van der Waals surface area contributed by atoms with Crippen LogP contribution in [0.3, 0.4) is 0 Å². The van der Waals surface area contributed by atoms with E-state index in [1.807, 2.05) is 390 Å². The van der Waals surface area contributed by atoms with Crippen molar-refractivity contribution in [2.75, 3.05) is 0 Å². The minimum atomic E-state index is -3.25. The molecule has 0 amide bonds. The number of hydrogen-bond acceptors (Lipinski definition) is 16. The van der Waals surface area contributed by atoms with Crippen molar-refractivity contribution in [3.63, 3.8) is 0 Å². The Bertz CT molecular complexity index is 3950. The van der Waals surface area contributed by atoms with Gasteiger partial charge >= 0.3 is 103 Å². The van der Waals surface area contributed by atoms with Crippen LogP contribution in [0.25, 0.3) is 0 Å². The third-order valence-corrected chi connectivity index (χ3v) is 60.8. The third-order valence-electron chi connectivity index (χ3n) is 18.8. The number of hydrogen-bond donors (Lipinski definition) is 8. The summed E-state index contributed by atoms with van der Waals surface area (Å²) < 4.78 is 51.5. The summed E-state index contributed by atoms with van der Waals surface area (Å²) in [5, 5.41) is 9.69. The summed E-state index contributed by atoms with van der Waals surface area (Å²) >= 11 is 0. The minimum Gasteiger partial charge on any atom is -0.409 e. The zero-order chi connectivity index (χ0) is 81.0. The monoisotopic (exact) mass is 1750 g/mol. The molecule has 8 atom stereocenters. The van der Waals surface area contributed by atoms with Gasteiger partial charge in [0.15, 0.2) is 0 Å². The van der Waals surface area contributed by atoms with Gasteiger partial charge in [-0.3, -0.25) is 0 Å².